The van der Waals surface area contributed by atoms with E-state index in [0.717, 1.165) is 28.0 Å². The van der Waals surface area contributed by atoms with E-state index in [1.807, 2.05) is 60.7 Å². The van der Waals surface area contributed by atoms with Crippen molar-refractivity contribution in [2.24, 2.45) is 0 Å². The minimum absolute atomic E-state index is 0.549. The molecule has 3 aromatic carbocycles. The average molecular weight is 388 g/mol. The molecule has 0 bridgehead atoms. The number of benzene rings is 3. The van der Waals surface area contributed by atoms with Crippen LogP contribution >= 0.6 is 34.8 Å². The molecule has 1 aromatic heterocycles. The Morgan fingerprint density at radius 1 is 0.800 bits per heavy atom. The summed E-state index contributed by atoms with van der Waals surface area (Å²) in [7, 11) is 0. The van der Waals surface area contributed by atoms with Gasteiger partial charge in [-0.15, -0.1) is 0 Å². The zero-order chi connectivity index (χ0) is 17.4. The summed E-state index contributed by atoms with van der Waals surface area (Å²) in [4.78, 5) is 4.81. The Bertz CT molecular complexity index is 1070. The molecule has 0 unspecified atom stereocenters. The van der Waals surface area contributed by atoms with Gasteiger partial charge in [0.25, 0.3) is 0 Å². The lowest BCUT2D eigenvalue weighted by molar-refractivity contribution is 0.834. The second kappa shape index (κ2) is 6.72. The Balaban J connectivity index is 1.88. The molecule has 0 spiro atoms. The first-order valence-electron chi connectivity index (χ1n) is 7.77. The number of fused-ring (bicyclic) bond motifs is 1. The minimum Gasteiger partial charge on any atom is -0.319 e. The third-order valence-electron chi connectivity index (χ3n) is 4.06. The van der Waals surface area contributed by atoms with Gasteiger partial charge in [0.1, 0.15) is 5.82 Å². The molecule has 0 saturated heterocycles. The van der Waals surface area contributed by atoms with Crippen LogP contribution in [0.3, 0.4) is 0 Å². The number of hydrogen-bond donors (Lipinski definition) is 0. The molecule has 25 heavy (non-hydrogen) atoms. The zero-order valence-electron chi connectivity index (χ0n) is 13.1. The molecule has 0 N–H and O–H groups in total. The smallest absolute Gasteiger partial charge is 0.141 e. The Morgan fingerprint density at radius 2 is 1.64 bits per heavy atom. The summed E-state index contributed by atoms with van der Waals surface area (Å²) in [6, 6.07) is 21.5. The molecule has 124 valence electrons. The minimum atomic E-state index is 0.549. The number of nitrogens with zero attached hydrogens (tertiary/aromatic N) is 2. The van der Waals surface area contributed by atoms with Crippen LogP contribution < -0.4 is 0 Å². The maximum Gasteiger partial charge on any atom is 0.141 e. The van der Waals surface area contributed by atoms with Crippen molar-refractivity contribution >= 4 is 45.8 Å². The molecule has 1 heterocycles. The normalized spacial score (nSPS) is 11.2. The number of para-hydroxylation sites is 2. The quantitative estimate of drug-likeness (QED) is 0.382. The van der Waals surface area contributed by atoms with Crippen LogP contribution in [0.1, 0.15) is 5.56 Å². The third-order valence-corrected chi connectivity index (χ3v) is 5.04. The maximum absolute atomic E-state index is 6.18. The zero-order valence-corrected chi connectivity index (χ0v) is 15.4. The number of halogens is 3. The van der Waals surface area contributed by atoms with Crippen molar-refractivity contribution < 1.29 is 0 Å². The molecule has 0 amide bonds. The fourth-order valence-electron chi connectivity index (χ4n) is 2.90. The van der Waals surface area contributed by atoms with Crippen molar-refractivity contribution in [3.8, 4) is 11.4 Å². The van der Waals surface area contributed by atoms with E-state index in [4.69, 9.17) is 39.8 Å². The van der Waals surface area contributed by atoms with Crippen molar-refractivity contribution in [2.45, 2.75) is 6.54 Å². The van der Waals surface area contributed by atoms with Crippen molar-refractivity contribution in [3.63, 3.8) is 0 Å². The molecule has 0 atom stereocenters. The van der Waals surface area contributed by atoms with Crippen molar-refractivity contribution in [3.05, 3.63) is 87.4 Å². The topological polar surface area (TPSA) is 17.8 Å². The summed E-state index contributed by atoms with van der Waals surface area (Å²) in [5.74, 6) is 0.870. The van der Waals surface area contributed by atoms with Gasteiger partial charge in [-0.1, -0.05) is 65.1 Å². The van der Waals surface area contributed by atoms with Gasteiger partial charge in [-0.25, -0.2) is 4.98 Å². The highest BCUT2D eigenvalue weighted by Gasteiger charge is 2.13. The van der Waals surface area contributed by atoms with E-state index < -0.39 is 0 Å². The summed E-state index contributed by atoms with van der Waals surface area (Å²) in [5, 5.41) is 1.79. The predicted molar refractivity (Wildman–Crippen MR) is 106 cm³/mol. The third kappa shape index (κ3) is 3.25. The van der Waals surface area contributed by atoms with Crippen LogP contribution in [0.25, 0.3) is 22.4 Å². The van der Waals surface area contributed by atoms with Gasteiger partial charge in [0, 0.05) is 17.1 Å². The summed E-state index contributed by atoms with van der Waals surface area (Å²) in [6.07, 6.45) is 0. The summed E-state index contributed by atoms with van der Waals surface area (Å²) >= 11 is 18.4. The van der Waals surface area contributed by atoms with Crippen molar-refractivity contribution in [2.75, 3.05) is 0 Å². The van der Waals surface area contributed by atoms with Gasteiger partial charge < -0.3 is 4.57 Å². The molecule has 4 rings (SSSR count). The van der Waals surface area contributed by atoms with Gasteiger partial charge >= 0.3 is 0 Å². The summed E-state index contributed by atoms with van der Waals surface area (Å²) in [5.41, 5.74) is 4.03. The van der Waals surface area contributed by atoms with Gasteiger partial charge in [-0.05, 0) is 42.0 Å². The fourth-order valence-corrected chi connectivity index (χ4v) is 3.42. The lowest BCUT2D eigenvalue weighted by Crippen LogP contribution is -2.02. The SMILES string of the molecule is Clc1cccc(-c2nc3ccccc3n2Cc2ccc(Cl)c(Cl)c2)c1. The molecule has 0 aliphatic carbocycles. The van der Waals surface area contributed by atoms with Gasteiger partial charge in [-0.3, -0.25) is 0 Å². The molecular weight excluding hydrogens is 375 g/mol. The number of rotatable bonds is 3. The molecular formula is C20H13Cl3N2. The van der Waals surface area contributed by atoms with Gasteiger partial charge in [0.05, 0.1) is 21.1 Å². The average Bonchev–Trinajstić information content (AvgIpc) is 2.97. The van der Waals surface area contributed by atoms with E-state index in [0.29, 0.717) is 21.6 Å². The highest BCUT2D eigenvalue weighted by atomic mass is 35.5. The Hall–Kier alpha value is -2.00. The van der Waals surface area contributed by atoms with E-state index >= 15 is 0 Å². The van der Waals surface area contributed by atoms with E-state index in [2.05, 4.69) is 10.6 Å². The number of hydrogen-bond acceptors (Lipinski definition) is 1. The van der Waals surface area contributed by atoms with Gasteiger partial charge in [0.2, 0.25) is 0 Å². The lowest BCUT2D eigenvalue weighted by Gasteiger charge is -2.11. The maximum atomic E-state index is 6.18. The first-order chi connectivity index (χ1) is 12.1. The fraction of sp³-hybridized carbons (Fsp3) is 0.0500. The first-order valence-corrected chi connectivity index (χ1v) is 8.90. The summed E-state index contributed by atoms with van der Waals surface area (Å²) in [6.45, 7) is 0.638. The van der Waals surface area contributed by atoms with Crippen LogP contribution in [0.2, 0.25) is 15.1 Å². The summed E-state index contributed by atoms with van der Waals surface area (Å²) < 4.78 is 2.17. The molecule has 2 nitrogen and oxygen atoms in total. The van der Waals surface area contributed by atoms with E-state index in [9.17, 15) is 0 Å². The van der Waals surface area contributed by atoms with Crippen LogP contribution in [-0.4, -0.2) is 9.55 Å². The Labute approximate surface area is 160 Å². The van der Waals surface area contributed by atoms with Crippen LogP contribution in [0.15, 0.2) is 66.7 Å². The second-order valence-corrected chi connectivity index (χ2v) is 7.02. The van der Waals surface area contributed by atoms with Crippen LogP contribution in [0, 0.1) is 0 Å². The van der Waals surface area contributed by atoms with Crippen molar-refractivity contribution in [1.29, 1.82) is 0 Å². The molecule has 0 aliphatic heterocycles. The largest absolute Gasteiger partial charge is 0.319 e. The van der Waals surface area contributed by atoms with Gasteiger partial charge in [-0.2, -0.15) is 0 Å². The van der Waals surface area contributed by atoms with Crippen LogP contribution in [0.5, 0.6) is 0 Å². The van der Waals surface area contributed by atoms with Crippen LogP contribution in [-0.2, 0) is 6.54 Å². The second-order valence-electron chi connectivity index (χ2n) is 5.77. The molecule has 0 saturated carbocycles. The van der Waals surface area contributed by atoms with E-state index in [1.165, 1.54) is 0 Å². The van der Waals surface area contributed by atoms with E-state index in [-0.39, 0.29) is 0 Å². The standard InChI is InChI=1S/C20H13Cl3N2/c21-15-5-3-4-14(11-15)20-24-18-6-1-2-7-19(18)25(20)12-13-8-9-16(22)17(23)10-13/h1-11H,12H2. The number of aromatic nitrogens is 2. The highest BCUT2D eigenvalue weighted by Crippen LogP contribution is 2.29. The predicted octanol–water partition coefficient (Wildman–Crippen LogP) is 6.71. The van der Waals surface area contributed by atoms with E-state index in [1.54, 1.807) is 0 Å². The lowest BCUT2D eigenvalue weighted by atomic mass is 10.2. The van der Waals surface area contributed by atoms with Gasteiger partial charge in [0.15, 0.2) is 0 Å². The monoisotopic (exact) mass is 386 g/mol. The molecule has 4 aromatic rings. The first kappa shape index (κ1) is 16.5. The Kier molecular flexibility index (Phi) is 4.43. The molecule has 0 aliphatic rings. The molecule has 0 fully saturated rings. The Morgan fingerprint density at radius 3 is 2.44 bits per heavy atom. The molecule has 5 heteroatoms. The highest BCUT2D eigenvalue weighted by molar-refractivity contribution is 6.42. The molecule has 0 radical (unpaired) electrons. The van der Waals surface area contributed by atoms with Crippen molar-refractivity contribution in [1.82, 2.24) is 9.55 Å². The number of imidazole rings is 1. The van der Waals surface area contributed by atoms with Crippen LogP contribution in [0.4, 0.5) is 0 Å².